The first kappa shape index (κ1) is 33.3. The standard InChI is InChI=1S/C56H35N3/c1-2-13-36(14-3-1)37-25-27-40(28-26-37)55-48-22-10-11-24-50(48)57-56(58-55)41-29-32-42(33-30-41)59-51-34-31-39-16-5-7-19-44(39)53(51)54-47-21-9-8-20-46(47)49(35-52(54)59)45-23-12-17-38-15-4-6-18-43(38)45/h1-35H. The Kier molecular flexibility index (Phi) is 7.54. The predicted octanol–water partition coefficient (Wildman–Crippen LogP) is 14.9. The minimum Gasteiger partial charge on any atom is -0.309 e. The molecule has 0 aliphatic carbocycles. The van der Waals surface area contributed by atoms with Gasteiger partial charge in [0, 0.05) is 33.0 Å². The van der Waals surface area contributed by atoms with Crippen molar-refractivity contribution >= 4 is 65.0 Å². The molecule has 10 aromatic carbocycles. The van der Waals surface area contributed by atoms with E-state index in [0.717, 1.165) is 33.4 Å². The lowest BCUT2D eigenvalue weighted by atomic mass is 9.91. The molecule has 0 unspecified atom stereocenters. The summed E-state index contributed by atoms with van der Waals surface area (Å²) in [6, 6.07) is 76.3. The predicted molar refractivity (Wildman–Crippen MR) is 248 cm³/mol. The number of fused-ring (bicyclic) bond motifs is 9. The summed E-state index contributed by atoms with van der Waals surface area (Å²) in [5.74, 6) is 0.704. The van der Waals surface area contributed by atoms with E-state index < -0.39 is 0 Å². The minimum atomic E-state index is 0.704. The van der Waals surface area contributed by atoms with Gasteiger partial charge < -0.3 is 4.57 Å². The zero-order chi connectivity index (χ0) is 38.9. The fourth-order valence-corrected chi connectivity index (χ4v) is 9.24. The highest BCUT2D eigenvalue weighted by Crippen LogP contribution is 2.45. The Labute approximate surface area is 341 Å². The highest BCUT2D eigenvalue weighted by atomic mass is 15.0. The third-order valence-corrected chi connectivity index (χ3v) is 12.0. The molecular weight excluding hydrogens is 715 g/mol. The van der Waals surface area contributed by atoms with E-state index >= 15 is 0 Å². The van der Waals surface area contributed by atoms with E-state index in [1.807, 2.05) is 6.07 Å². The molecule has 12 aromatic rings. The van der Waals surface area contributed by atoms with Crippen LogP contribution in [-0.4, -0.2) is 14.5 Å². The van der Waals surface area contributed by atoms with E-state index in [4.69, 9.17) is 9.97 Å². The van der Waals surface area contributed by atoms with Crippen LogP contribution in [0.2, 0.25) is 0 Å². The highest BCUT2D eigenvalue weighted by Gasteiger charge is 2.21. The van der Waals surface area contributed by atoms with E-state index in [9.17, 15) is 0 Å². The average Bonchev–Trinajstić information content (AvgIpc) is 3.66. The van der Waals surface area contributed by atoms with Crippen molar-refractivity contribution in [1.29, 1.82) is 0 Å². The van der Waals surface area contributed by atoms with E-state index in [2.05, 4.69) is 211 Å². The summed E-state index contributed by atoms with van der Waals surface area (Å²) in [4.78, 5) is 10.4. The van der Waals surface area contributed by atoms with E-state index in [1.54, 1.807) is 0 Å². The number of hydrogen-bond acceptors (Lipinski definition) is 2. The van der Waals surface area contributed by atoms with Gasteiger partial charge in [0.2, 0.25) is 0 Å². The lowest BCUT2D eigenvalue weighted by Gasteiger charge is -2.14. The summed E-state index contributed by atoms with van der Waals surface area (Å²) in [6.45, 7) is 0. The second-order valence-corrected chi connectivity index (χ2v) is 15.3. The Morgan fingerprint density at radius 2 is 0.898 bits per heavy atom. The molecule has 3 heteroatoms. The van der Waals surface area contributed by atoms with Crippen LogP contribution in [0.25, 0.3) is 116 Å². The van der Waals surface area contributed by atoms with Crippen molar-refractivity contribution < 1.29 is 0 Å². The maximum Gasteiger partial charge on any atom is 0.160 e. The van der Waals surface area contributed by atoms with Gasteiger partial charge in [-0.15, -0.1) is 0 Å². The van der Waals surface area contributed by atoms with Crippen molar-refractivity contribution in [3.05, 3.63) is 212 Å². The van der Waals surface area contributed by atoms with Crippen molar-refractivity contribution in [2.24, 2.45) is 0 Å². The SMILES string of the molecule is c1ccc(-c2ccc(-c3nc(-c4ccc(-n5c6ccc7ccccc7c6c6c7ccccc7c(-c7cccc8ccccc78)cc65)cc4)nc4ccccc34)cc2)cc1. The summed E-state index contributed by atoms with van der Waals surface area (Å²) in [5.41, 5.74) is 12.1. The summed E-state index contributed by atoms with van der Waals surface area (Å²) < 4.78 is 2.45. The average molecular weight is 750 g/mol. The summed E-state index contributed by atoms with van der Waals surface area (Å²) in [5, 5.41) is 11.0. The fourth-order valence-electron chi connectivity index (χ4n) is 9.24. The molecule has 0 aliphatic heterocycles. The van der Waals surface area contributed by atoms with Crippen molar-refractivity contribution in [3.8, 4) is 50.6 Å². The van der Waals surface area contributed by atoms with Gasteiger partial charge in [0.1, 0.15) is 0 Å². The Hall–Kier alpha value is -7.88. The summed E-state index contributed by atoms with van der Waals surface area (Å²) in [6.07, 6.45) is 0. The van der Waals surface area contributed by atoms with Crippen molar-refractivity contribution in [2.45, 2.75) is 0 Å². The normalized spacial score (nSPS) is 11.7. The van der Waals surface area contributed by atoms with Crippen LogP contribution in [0.1, 0.15) is 0 Å². The van der Waals surface area contributed by atoms with Gasteiger partial charge in [0.15, 0.2) is 5.82 Å². The largest absolute Gasteiger partial charge is 0.309 e. The quantitative estimate of drug-likeness (QED) is 0.175. The molecule has 0 radical (unpaired) electrons. The molecule has 0 bridgehead atoms. The van der Waals surface area contributed by atoms with Gasteiger partial charge in [0.25, 0.3) is 0 Å². The van der Waals surface area contributed by atoms with Crippen LogP contribution in [0.15, 0.2) is 212 Å². The molecule has 3 nitrogen and oxygen atoms in total. The molecule has 59 heavy (non-hydrogen) atoms. The lowest BCUT2D eigenvalue weighted by Crippen LogP contribution is -1.97. The van der Waals surface area contributed by atoms with Gasteiger partial charge in [-0.1, -0.05) is 170 Å². The second-order valence-electron chi connectivity index (χ2n) is 15.3. The molecule has 0 fully saturated rings. The Morgan fingerprint density at radius 3 is 1.69 bits per heavy atom. The van der Waals surface area contributed by atoms with Gasteiger partial charge in [-0.05, 0) is 97.0 Å². The highest BCUT2D eigenvalue weighted by molar-refractivity contribution is 6.30. The molecule has 2 heterocycles. The molecular formula is C56H35N3. The lowest BCUT2D eigenvalue weighted by molar-refractivity contribution is 1.18. The number of nitrogens with zero attached hydrogens (tertiary/aromatic N) is 3. The van der Waals surface area contributed by atoms with Crippen LogP contribution in [0.3, 0.4) is 0 Å². The minimum absolute atomic E-state index is 0.704. The molecule has 0 saturated carbocycles. The molecule has 2 aromatic heterocycles. The number of para-hydroxylation sites is 1. The van der Waals surface area contributed by atoms with E-state index in [-0.39, 0.29) is 0 Å². The van der Waals surface area contributed by atoms with Gasteiger partial charge in [-0.25, -0.2) is 9.97 Å². The molecule has 12 rings (SSSR count). The zero-order valence-corrected chi connectivity index (χ0v) is 32.0. The molecule has 0 saturated heterocycles. The number of benzene rings is 10. The first-order valence-electron chi connectivity index (χ1n) is 20.2. The van der Waals surface area contributed by atoms with Crippen molar-refractivity contribution in [2.75, 3.05) is 0 Å². The topological polar surface area (TPSA) is 30.7 Å². The Morgan fingerprint density at radius 1 is 0.322 bits per heavy atom. The fraction of sp³-hybridized carbons (Fsp3) is 0. The van der Waals surface area contributed by atoms with Crippen molar-refractivity contribution in [3.63, 3.8) is 0 Å². The van der Waals surface area contributed by atoms with E-state index in [1.165, 1.54) is 76.4 Å². The second kappa shape index (κ2) is 13.4. The summed E-state index contributed by atoms with van der Waals surface area (Å²) >= 11 is 0. The Bertz CT molecular complexity index is 3580. The zero-order valence-electron chi connectivity index (χ0n) is 32.0. The monoisotopic (exact) mass is 749 g/mol. The van der Waals surface area contributed by atoms with Crippen LogP contribution in [-0.2, 0) is 0 Å². The van der Waals surface area contributed by atoms with Crippen molar-refractivity contribution in [1.82, 2.24) is 14.5 Å². The van der Waals surface area contributed by atoms with Crippen LogP contribution in [0, 0.1) is 0 Å². The van der Waals surface area contributed by atoms with Gasteiger partial charge in [-0.2, -0.15) is 0 Å². The maximum absolute atomic E-state index is 5.26. The molecule has 0 N–H and O–H groups in total. The first-order valence-corrected chi connectivity index (χ1v) is 20.2. The number of hydrogen-bond donors (Lipinski definition) is 0. The maximum atomic E-state index is 5.26. The van der Waals surface area contributed by atoms with Gasteiger partial charge >= 0.3 is 0 Å². The van der Waals surface area contributed by atoms with Crippen LogP contribution >= 0.6 is 0 Å². The summed E-state index contributed by atoms with van der Waals surface area (Å²) in [7, 11) is 0. The van der Waals surface area contributed by atoms with Crippen LogP contribution in [0.5, 0.6) is 0 Å². The smallest absolute Gasteiger partial charge is 0.160 e. The van der Waals surface area contributed by atoms with Crippen LogP contribution in [0.4, 0.5) is 0 Å². The Balaban J connectivity index is 1.06. The van der Waals surface area contributed by atoms with Crippen LogP contribution < -0.4 is 0 Å². The molecule has 0 amide bonds. The third kappa shape index (κ3) is 5.36. The molecule has 274 valence electrons. The van der Waals surface area contributed by atoms with Gasteiger partial charge in [-0.3, -0.25) is 0 Å². The molecule has 0 aliphatic rings. The van der Waals surface area contributed by atoms with E-state index in [0.29, 0.717) is 5.82 Å². The number of rotatable bonds is 5. The third-order valence-electron chi connectivity index (χ3n) is 12.0. The number of aromatic nitrogens is 3. The molecule has 0 spiro atoms. The van der Waals surface area contributed by atoms with Gasteiger partial charge in [0.05, 0.1) is 22.2 Å². The molecule has 0 atom stereocenters. The first-order chi connectivity index (χ1) is 29.3.